The van der Waals surface area contributed by atoms with E-state index in [0.29, 0.717) is 42.5 Å². The lowest BCUT2D eigenvalue weighted by atomic mass is 9.43. The van der Waals surface area contributed by atoms with E-state index in [0.717, 1.165) is 56.4 Å². The van der Waals surface area contributed by atoms with E-state index in [-0.39, 0.29) is 22.6 Å². The summed E-state index contributed by atoms with van der Waals surface area (Å²) >= 11 is 0. The smallest absolute Gasteiger partial charge is 0.152 e. The molecule has 0 amide bonds. The number of ketones is 1. The van der Waals surface area contributed by atoms with Crippen molar-refractivity contribution in [2.24, 2.45) is 40.4 Å². The minimum Gasteiger partial charge on any atom is -0.390 e. The average Bonchev–Trinajstić information content (AvgIpc) is 3.38. The summed E-state index contributed by atoms with van der Waals surface area (Å²) in [7, 11) is 1.85. The van der Waals surface area contributed by atoms with Gasteiger partial charge in [-0.15, -0.1) is 0 Å². The predicted octanol–water partition coefficient (Wildman–Crippen LogP) is 5.57. The second-order valence-corrected chi connectivity index (χ2v) is 13.4. The maximum atomic E-state index is 13.7. The van der Waals surface area contributed by atoms with Crippen LogP contribution in [-0.2, 0) is 16.1 Å². The maximum absolute atomic E-state index is 13.7. The van der Waals surface area contributed by atoms with Gasteiger partial charge in [0.1, 0.15) is 5.82 Å². The number of aliphatic hydroxyl groups is 1. The maximum Gasteiger partial charge on any atom is 0.152 e. The van der Waals surface area contributed by atoms with E-state index in [4.69, 9.17) is 4.74 Å². The molecule has 0 saturated heterocycles. The van der Waals surface area contributed by atoms with Crippen LogP contribution >= 0.6 is 0 Å². The number of rotatable bonds is 5. The van der Waals surface area contributed by atoms with Gasteiger partial charge in [-0.1, -0.05) is 13.0 Å². The minimum atomic E-state index is -0.544. The molecule has 0 spiro atoms. The van der Waals surface area contributed by atoms with Gasteiger partial charge in [0.2, 0.25) is 0 Å². The number of nitrogens with zero attached hydrogens (tertiary/aromatic N) is 1. The zero-order valence-electron chi connectivity index (χ0n) is 22.2. The molecule has 1 aromatic rings. The lowest BCUT2D eigenvalue weighted by Gasteiger charge is -2.62. The van der Waals surface area contributed by atoms with Crippen LogP contribution in [0.4, 0.5) is 10.1 Å². The topological polar surface area (TPSA) is 61.8 Å². The highest BCUT2D eigenvalue weighted by molar-refractivity contribution is 5.84. The highest BCUT2D eigenvalue weighted by Crippen LogP contribution is 2.68. The molecule has 4 saturated carbocycles. The fraction of sp³-hybridized carbons (Fsp3) is 0.767. The molecular weight excluding hydrogens is 455 g/mol. The fourth-order valence-electron chi connectivity index (χ4n) is 9.91. The zero-order chi connectivity index (χ0) is 25.3. The highest BCUT2D eigenvalue weighted by atomic mass is 19.1. The van der Waals surface area contributed by atoms with Gasteiger partial charge >= 0.3 is 0 Å². The van der Waals surface area contributed by atoms with E-state index in [1.807, 2.05) is 25.1 Å². The fourth-order valence-corrected chi connectivity index (χ4v) is 9.91. The zero-order valence-corrected chi connectivity index (χ0v) is 22.2. The van der Waals surface area contributed by atoms with Crippen LogP contribution in [0.15, 0.2) is 18.2 Å². The molecule has 5 nitrogen and oxygen atoms in total. The van der Waals surface area contributed by atoms with Crippen LogP contribution in [0.2, 0.25) is 0 Å². The van der Waals surface area contributed by atoms with Crippen molar-refractivity contribution < 1.29 is 19.0 Å². The van der Waals surface area contributed by atoms with Crippen LogP contribution in [0, 0.1) is 46.2 Å². The first-order valence-corrected chi connectivity index (χ1v) is 14.2. The van der Waals surface area contributed by atoms with Crippen molar-refractivity contribution in [3.8, 4) is 0 Å². The number of benzene rings is 1. The molecule has 0 aromatic heterocycles. The molecule has 0 bridgehead atoms. The summed E-state index contributed by atoms with van der Waals surface area (Å²) in [5, 5.41) is 12.8. The summed E-state index contributed by atoms with van der Waals surface area (Å²) in [5.74, 6) is 2.64. The monoisotopic (exact) mass is 498 g/mol. The van der Waals surface area contributed by atoms with Crippen molar-refractivity contribution in [2.45, 2.75) is 83.8 Å². The molecule has 6 heteroatoms. The third-order valence-electron chi connectivity index (χ3n) is 11.5. The molecule has 5 aliphatic rings. The van der Waals surface area contributed by atoms with Crippen molar-refractivity contribution in [3.05, 3.63) is 29.6 Å². The molecule has 198 valence electrons. The molecule has 4 aliphatic carbocycles. The van der Waals surface area contributed by atoms with Gasteiger partial charge in [0.25, 0.3) is 0 Å². The Bertz CT molecular complexity index is 1030. The van der Waals surface area contributed by atoms with Crippen LogP contribution in [0.1, 0.15) is 77.2 Å². The quantitative estimate of drug-likeness (QED) is 0.556. The van der Waals surface area contributed by atoms with E-state index < -0.39 is 5.60 Å². The first-order chi connectivity index (χ1) is 17.1. The van der Waals surface area contributed by atoms with Crippen molar-refractivity contribution in [1.82, 2.24) is 5.01 Å². The molecule has 6 rings (SSSR count). The van der Waals surface area contributed by atoms with Gasteiger partial charge in [-0.3, -0.25) is 4.79 Å². The Labute approximate surface area is 215 Å². The SMILES string of the molecule is COCC12CCC(C)(O)CC1CCC1C3CCC(C(=O)CN4Cc5ccc(F)cc5N4)C3(C)CCC12. The van der Waals surface area contributed by atoms with Gasteiger partial charge in [0.15, 0.2) is 5.78 Å². The molecule has 8 unspecified atom stereocenters. The van der Waals surface area contributed by atoms with Gasteiger partial charge in [-0.2, -0.15) is 0 Å². The van der Waals surface area contributed by atoms with E-state index in [1.54, 1.807) is 0 Å². The lowest BCUT2D eigenvalue weighted by Crippen LogP contribution is -2.58. The third kappa shape index (κ3) is 3.85. The van der Waals surface area contributed by atoms with Gasteiger partial charge < -0.3 is 15.3 Å². The Morgan fingerprint density at radius 1 is 1.14 bits per heavy atom. The van der Waals surface area contributed by atoms with Crippen LogP contribution in [0.5, 0.6) is 0 Å². The Morgan fingerprint density at radius 2 is 1.97 bits per heavy atom. The Kier molecular flexibility index (Phi) is 6.05. The van der Waals surface area contributed by atoms with Crippen LogP contribution in [0.3, 0.4) is 0 Å². The summed E-state index contributed by atoms with van der Waals surface area (Å²) in [6, 6.07) is 4.82. The number of halogens is 1. The number of carbonyl (C=O) groups is 1. The molecule has 36 heavy (non-hydrogen) atoms. The molecular formula is C30H43FN2O3. The molecule has 1 aliphatic heterocycles. The minimum absolute atomic E-state index is 0.0677. The summed E-state index contributed by atoms with van der Waals surface area (Å²) in [5.41, 5.74) is 4.79. The number of fused-ring (bicyclic) bond motifs is 6. The van der Waals surface area contributed by atoms with Crippen molar-refractivity contribution in [1.29, 1.82) is 0 Å². The summed E-state index contributed by atoms with van der Waals surface area (Å²) in [4.78, 5) is 13.7. The predicted molar refractivity (Wildman–Crippen MR) is 137 cm³/mol. The van der Waals surface area contributed by atoms with Gasteiger partial charge in [-0.25, -0.2) is 9.40 Å². The lowest BCUT2D eigenvalue weighted by molar-refractivity contribution is -0.175. The number of Topliss-reactive ketones (excluding diaryl/α,β-unsaturated/α-hetero) is 1. The van der Waals surface area contributed by atoms with Gasteiger partial charge in [0, 0.05) is 19.6 Å². The first kappa shape index (κ1) is 24.8. The van der Waals surface area contributed by atoms with Crippen LogP contribution < -0.4 is 5.43 Å². The first-order valence-electron chi connectivity index (χ1n) is 14.2. The number of carbonyl (C=O) groups excluding carboxylic acids is 1. The number of hydrogen-bond donors (Lipinski definition) is 2. The Balaban J connectivity index is 1.18. The van der Waals surface area contributed by atoms with Crippen molar-refractivity contribution >= 4 is 11.5 Å². The molecule has 4 fully saturated rings. The van der Waals surface area contributed by atoms with E-state index in [1.165, 1.54) is 31.4 Å². The summed E-state index contributed by atoms with van der Waals surface area (Å²) in [6.45, 7) is 6.26. The Morgan fingerprint density at radius 3 is 2.78 bits per heavy atom. The second kappa shape index (κ2) is 8.78. The van der Waals surface area contributed by atoms with E-state index in [9.17, 15) is 14.3 Å². The van der Waals surface area contributed by atoms with E-state index >= 15 is 0 Å². The van der Waals surface area contributed by atoms with Crippen molar-refractivity contribution in [3.63, 3.8) is 0 Å². The normalized spacial score (nSPS) is 43.8. The number of anilines is 1. The van der Waals surface area contributed by atoms with Gasteiger partial charge in [0.05, 0.1) is 24.4 Å². The molecule has 1 heterocycles. The van der Waals surface area contributed by atoms with Crippen LogP contribution in [0.25, 0.3) is 0 Å². The molecule has 8 atom stereocenters. The standard InChI is InChI=1S/C30H43FN2O3/c1-28(35)12-13-30(18-36-3)20(15-28)5-7-22-23-8-9-25(29(23,2)11-10-24(22)30)27(34)17-33-16-19-4-6-21(31)14-26(19)32-33/h4,6,14,20,22-25,32,35H,5,7-13,15-18H2,1-3H3. The van der Waals surface area contributed by atoms with Crippen molar-refractivity contribution in [2.75, 3.05) is 25.7 Å². The highest BCUT2D eigenvalue weighted by Gasteiger charge is 2.63. The average molecular weight is 499 g/mol. The number of nitrogens with one attached hydrogen (secondary N) is 1. The van der Waals surface area contributed by atoms with E-state index in [2.05, 4.69) is 12.3 Å². The molecule has 0 radical (unpaired) electrons. The third-order valence-corrected chi connectivity index (χ3v) is 11.5. The second-order valence-electron chi connectivity index (χ2n) is 13.4. The molecule has 2 N–H and O–H groups in total. The number of ether oxygens (including phenoxy) is 1. The number of methoxy groups -OCH3 is 1. The number of hydrazine groups is 1. The Hall–Kier alpha value is -1.50. The van der Waals surface area contributed by atoms with Gasteiger partial charge in [-0.05, 0) is 117 Å². The molecule has 1 aromatic carbocycles. The largest absolute Gasteiger partial charge is 0.390 e. The summed E-state index contributed by atoms with van der Waals surface area (Å²) < 4.78 is 19.5. The van der Waals surface area contributed by atoms with Crippen LogP contribution in [-0.4, -0.2) is 41.8 Å². The summed E-state index contributed by atoms with van der Waals surface area (Å²) in [6.07, 6.45) is 9.68. The number of hydrogen-bond acceptors (Lipinski definition) is 5.